The monoisotopic (exact) mass is 423 g/mol. The summed E-state index contributed by atoms with van der Waals surface area (Å²) in [7, 11) is 0. The first kappa shape index (κ1) is 19.2. The number of thioether (sulfide) groups is 1. The van der Waals surface area contributed by atoms with Gasteiger partial charge in [-0.05, 0) is 29.7 Å². The molecule has 1 amide bonds. The molecule has 0 spiro atoms. The van der Waals surface area contributed by atoms with Gasteiger partial charge in [0.05, 0.1) is 0 Å². The molecule has 3 rings (SSSR count). The van der Waals surface area contributed by atoms with Gasteiger partial charge in [-0.2, -0.15) is 0 Å². The Morgan fingerprint density at radius 3 is 2.50 bits per heavy atom. The quantitative estimate of drug-likeness (QED) is 0.390. The van der Waals surface area contributed by atoms with Gasteiger partial charge in [-0.3, -0.25) is 4.79 Å². The van der Waals surface area contributed by atoms with E-state index in [4.69, 9.17) is 23.2 Å². The molecule has 4 nitrogen and oxygen atoms in total. The third-order valence-electron chi connectivity index (χ3n) is 3.54. The van der Waals surface area contributed by atoms with Crippen molar-refractivity contribution in [3.8, 4) is 0 Å². The van der Waals surface area contributed by atoms with Gasteiger partial charge in [-0.25, -0.2) is 0 Å². The second kappa shape index (κ2) is 9.37. The summed E-state index contributed by atoms with van der Waals surface area (Å²) in [5, 5.41) is 12.7. The standard InChI is InChI=1S/C18H15Cl2N3OS2/c19-14-7-4-8-15(20)13(14)11-25-18-23-22-17(26-18)21-16(24)10-9-12-5-2-1-3-6-12/h1-8H,9-11H2,(H,21,22,24). The van der Waals surface area contributed by atoms with Gasteiger partial charge in [-0.15, -0.1) is 10.2 Å². The highest BCUT2D eigenvalue weighted by atomic mass is 35.5. The molecule has 1 aromatic heterocycles. The topological polar surface area (TPSA) is 54.9 Å². The number of anilines is 1. The summed E-state index contributed by atoms with van der Waals surface area (Å²) >= 11 is 15.2. The minimum Gasteiger partial charge on any atom is -0.300 e. The molecule has 0 aliphatic rings. The highest BCUT2D eigenvalue weighted by Crippen LogP contribution is 2.33. The molecule has 0 unspecified atom stereocenters. The van der Waals surface area contributed by atoms with E-state index in [1.165, 1.54) is 23.1 Å². The molecular weight excluding hydrogens is 409 g/mol. The highest BCUT2D eigenvalue weighted by Gasteiger charge is 2.11. The van der Waals surface area contributed by atoms with Crippen molar-refractivity contribution in [3.05, 3.63) is 69.7 Å². The Balaban J connectivity index is 1.50. The Morgan fingerprint density at radius 1 is 1.04 bits per heavy atom. The van der Waals surface area contributed by atoms with Crippen LogP contribution >= 0.6 is 46.3 Å². The van der Waals surface area contributed by atoms with E-state index in [0.29, 0.717) is 33.8 Å². The molecule has 26 heavy (non-hydrogen) atoms. The number of aryl methyl sites for hydroxylation is 1. The Labute approximate surface area is 169 Å². The number of halogens is 2. The molecule has 0 saturated carbocycles. The van der Waals surface area contributed by atoms with Gasteiger partial charge >= 0.3 is 0 Å². The number of aromatic nitrogens is 2. The fourth-order valence-corrected chi connectivity index (χ4v) is 4.72. The van der Waals surface area contributed by atoms with Crippen molar-refractivity contribution in [2.45, 2.75) is 22.9 Å². The van der Waals surface area contributed by atoms with Gasteiger partial charge in [0.2, 0.25) is 11.0 Å². The first-order chi connectivity index (χ1) is 12.6. The lowest BCUT2D eigenvalue weighted by Gasteiger charge is -2.04. The number of nitrogens with one attached hydrogen (secondary N) is 1. The molecular formula is C18H15Cl2N3OS2. The van der Waals surface area contributed by atoms with Crippen LogP contribution < -0.4 is 5.32 Å². The summed E-state index contributed by atoms with van der Waals surface area (Å²) in [6.07, 6.45) is 1.10. The van der Waals surface area contributed by atoms with Gasteiger partial charge < -0.3 is 5.32 Å². The van der Waals surface area contributed by atoms with E-state index in [2.05, 4.69) is 15.5 Å². The van der Waals surface area contributed by atoms with E-state index >= 15 is 0 Å². The summed E-state index contributed by atoms with van der Waals surface area (Å²) in [6, 6.07) is 15.3. The van der Waals surface area contributed by atoms with Crippen molar-refractivity contribution < 1.29 is 4.79 Å². The van der Waals surface area contributed by atoms with Gasteiger partial charge in [0.25, 0.3) is 0 Å². The summed E-state index contributed by atoms with van der Waals surface area (Å²) in [5.41, 5.74) is 2.00. The first-order valence-corrected chi connectivity index (χ1v) is 10.4. The summed E-state index contributed by atoms with van der Waals surface area (Å²) in [4.78, 5) is 12.0. The zero-order valence-electron chi connectivity index (χ0n) is 13.6. The third-order valence-corrected chi connectivity index (χ3v) is 6.24. The molecule has 0 aliphatic heterocycles. The lowest BCUT2D eigenvalue weighted by Crippen LogP contribution is -2.12. The van der Waals surface area contributed by atoms with E-state index in [1.807, 2.05) is 48.5 Å². The van der Waals surface area contributed by atoms with Crippen molar-refractivity contribution in [2.24, 2.45) is 0 Å². The van der Waals surface area contributed by atoms with E-state index in [1.54, 1.807) is 0 Å². The smallest absolute Gasteiger partial charge is 0.226 e. The second-order valence-corrected chi connectivity index (χ2v) is 8.41. The molecule has 0 atom stereocenters. The van der Waals surface area contributed by atoms with Crippen molar-refractivity contribution >= 4 is 57.3 Å². The van der Waals surface area contributed by atoms with Crippen LogP contribution in [0.25, 0.3) is 0 Å². The highest BCUT2D eigenvalue weighted by molar-refractivity contribution is 8.00. The fourth-order valence-electron chi connectivity index (χ4n) is 2.21. The molecule has 0 bridgehead atoms. The van der Waals surface area contributed by atoms with E-state index in [9.17, 15) is 4.79 Å². The SMILES string of the molecule is O=C(CCc1ccccc1)Nc1nnc(SCc2c(Cl)cccc2Cl)s1. The van der Waals surface area contributed by atoms with Crippen LogP contribution in [0.5, 0.6) is 0 Å². The number of carbonyl (C=O) groups excluding carboxylic acids is 1. The molecule has 134 valence electrons. The maximum absolute atomic E-state index is 12.0. The van der Waals surface area contributed by atoms with Crippen molar-refractivity contribution in [1.82, 2.24) is 10.2 Å². The van der Waals surface area contributed by atoms with Crippen LogP contribution in [0, 0.1) is 0 Å². The Hall–Kier alpha value is -1.60. The minimum absolute atomic E-state index is 0.0734. The average Bonchev–Trinajstić information content (AvgIpc) is 3.08. The molecule has 1 N–H and O–H groups in total. The molecule has 0 radical (unpaired) electrons. The number of amides is 1. The van der Waals surface area contributed by atoms with E-state index in [0.717, 1.165) is 15.5 Å². The largest absolute Gasteiger partial charge is 0.300 e. The van der Waals surface area contributed by atoms with Gasteiger partial charge in [-0.1, -0.05) is 82.7 Å². The normalized spacial score (nSPS) is 10.7. The summed E-state index contributed by atoms with van der Waals surface area (Å²) < 4.78 is 0.749. The Morgan fingerprint density at radius 2 is 1.77 bits per heavy atom. The number of hydrogen-bond acceptors (Lipinski definition) is 5. The van der Waals surface area contributed by atoms with Gasteiger partial charge in [0.15, 0.2) is 4.34 Å². The molecule has 8 heteroatoms. The molecule has 0 aliphatic carbocycles. The van der Waals surface area contributed by atoms with Gasteiger partial charge in [0, 0.05) is 22.2 Å². The number of carbonyl (C=O) groups is 1. The Bertz CT molecular complexity index is 867. The number of rotatable bonds is 7. The lowest BCUT2D eigenvalue weighted by atomic mass is 10.1. The summed E-state index contributed by atoms with van der Waals surface area (Å²) in [5.74, 6) is 0.519. The maximum atomic E-state index is 12.0. The van der Waals surface area contributed by atoms with E-state index in [-0.39, 0.29) is 5.91 Å². The van der Waals surface area contributed by atoms with Crippen molar-refractivity contribution in [3.63, 3.8) is 0 Å². The molecule has 3 aromatic rings. The van der Waals surface area contributed by atoms with Crippen molar-refractivity contribution in [2.75, 3.05) is 5.32 Å². The van der Waals surface area contributed by atoms with Crippen LogP contribution in [-0.2, 0) is 17.0 Å². The van der Waals surface area contributed by atoms with Crippen molar-refractivity contribution in [1.29, 1.82) is 0 Å². The second-order valence-electron chi connectivity index (χ2n) is 5.40. The summed E-state index contributed by atoms with van der Waals surface area (Å²) in [6.45, 7) is 0. The zero-order valence-corrected chi connectivity index (χ0v) is 16.8. The predicted molar refractivity (Wildman–Crippen MR) is 109 cm³/mol. The lowest BCUT2D eigenvalue weighted by molar-refractivity contribution is -0.116. The van der Waals surface area contributed by atoms with Crippen LogP contribution in [0.15, 0.2) is 52.9 Å². The molecule has 1 heterocycles. The number of nitrogens with zero attached hydrogens (tertiary/aromatic N) is 2. The minimum atomic E-state index is -0.0734. The molecule has 2 aromatic carbocycles. The molecule has 0 saturated heterocycles. The van der Waals surface area contributed by atoms with E-state index < -0.39 is 0 Å². The average molecular weight is 424 g/mol. The predicted octanol–water partition coefficient (Wildman–Crippen LogP) is 5.71. The van der Waals surface area contributed by atoms with Crippen LogP contribution in [0.3, 0.4) is 0 Å². The van der Waals surface area contributed by atoms with Crippen LogP contribution in [0.1, 0.15) is 17.5 Å². The van der Waals surface area contributed by atoms with Crippen LogP contribution in [0.4, 0.5) is 5.13 Å². The fraction of sp³-hybridized carbons (Fsp3) is 0.167. The van der Waals surface area contributed by atoms with Gasteiger partial charge in [0.1, 0.15) is 0 Å². The maximum Gasteiger partial charge on any atom is 0.226 e. The Kier molecular flexibility index (Phi) is 6.91. The van der Waals surface area contributed by atoms with Crippen LogP contribution in [-0.4, -0.2) is 16.1 Å². The zero-order chi connectivity index (χ0) is 18.4. The van der Waals surface area contributed by atoms with Crippen LogP contribution in [0.2, 0.25) is 10.0 Å². The molecule has 0 fully saturated rings. The number of hydrogen-bond donors (Lipinski definition) is 1. The number of benzene rings is 2. The third kappa shape index (κ3) is 5.45. The first-order valence-electron chi connectivity index (χ1n) is 7.85.